The van der Waals surface area contributed by atoms with E-state index in [0.717, 1.165) is 51.8 Å². The van der Waals surface area contributed by atoms with Crippen LogP contribution in [0, 0.1) is 11.3 Å². The lowest BCUT2D eigenvalue weighted by Gasteiger charge is -2.29. The summed E-state index contributed by atoms with van der Waals surface area (Å²) in [6.07, 6.45) is 6.06. The third kappa shape index (κ3) is 4.30. The molecule has 0 unspecified atom stereocenters. The van der Waals surface area contributed by atoms with Gasteiger partial charge in [-0.2, -0.15) is 5.26 Å². The number of aryl methyl sites for hydroxylation is 1. The van der Waals surface area contributed by atoms with Crippen LogP contribution in [0.4, 0.5) is 0 Å². The third-order valence-corrected chi connectivity index (χ3v) is 10.4. The van der Waals surface area contributed by atoms with Crippen molar-refractivity contribution in [3.63, 3.8) is 0 Å². The molecular weight excluding hydrogens is 521 g/mol. The highest BCUT2D eigenvalue weighted by Crippen LogP contribution is 2.55. The molecule has 2 heterocycles. The maximum absolute atomic E-state index is 10.8. The molecule has 0 N–H and O–H groups in total. The highest BCUT2D eigenvalue weighted by Gasteiger charge is 2.35. The standard InChI is InChI=1S/C35H26N5P/c36-25-30-33(26-15-5-1-6-16-26)38-41(28-19-9-3-10-20-28,29-21-11-4-12-22-29)39-35(30)40-32-24-14-13-23-31(32)37-34(40)27-17-7-2-8-18-27/h1-12,14-22,24H,13,23H2. The van der Waals surface area contributed by atoms with E-state index in [-0.39, 0.29) is 0 Å². The van der Waals surface area contributed by atoms with E-state index >= 15 is 0 Å². The number of hydrogen-bond acceptors (Lipinski definition) is 4. The van der Waals surface area contributed by atoms with E-state index in [1.807, 2.05) is 84.9 Å². The van der Waals surface area contributed by atoms with Crippen LogP contribution >= 0.6 is 7.21 Å². The van der Waals surface area contributed by atoms with Gasteiger partial charge in [0.2, 0.25) is 0 Å². The van der Waals surface area contributed by atoms with Crippen LogP contribution in [0.25, 0.3) is 23.3 Å². The first-order valence-corrected chi connectivity index (χ1v) is 15.4. The summed E-state index contributed by atoms with van der Waals surface area (Å²) in [4.78, 5) is 5.14. The Morgan fingerprint density at radius 3 is 1.85 bits per heavy atom. The van der Waals surface area contributed by atoms with Crippen molar-refractivity contribution in [1.82, 2.24) is 9.55 Å². The molecule has 0 saturated heterocycles. The Labute approximate surface area is 239 Å². The van der Waals surface area contributed by atoms with Crippen molar-refractivity contribution < 1.29 is 0 Å². The topological polar surface area (TPSA) is 66.3 Å². The second-order valence-electron chi connectivity index (χ2n) is 9.91. The zero-order valence-corrected chi connectivity index (χ0v) is 23.2. The van der Waals surface area contributed by atoms with Crippen LogP contribution in [0.2, 0.25) is 0 Å². The number of hydrogen-bond donors (Lipinski definition) is 0. The molecule has 7 rings (SSSR count). The number of rotatable bonds is 5. The molecule has 0 saturated carbocycles. The van der Waals surface area contributed by atoms with Gasteiger partial charge < -0.3 is 0 Å². The number of imidazole rings is 1. The van der Waals surface area contributed by atoms with Gasteiger partial charge in [-0.3, -0.25) is 4.57 Å². The van der Waals surface area contributed by atoms with Gasteiger partial charge >= 0.3 is 0 Å². The Kier molecular flexibility index (Phi) is 6.39. The van der Waals surface area contributed by atoms with Crippen molar-refractivity contribution in [2.24, 2.45) is 9.51 Å². The molecule has 0 amide bonds. The Bertz CT molecular complexity index is 1880. The molecule has 1 aromatic heterocycles. The quantitative estimate of drug-likeness (QED) is 0.214. The fourth-order valence-electron chi connectivity index (χ4n) is 5.46. The van der Waals surface area contributed by atoms with Gasteiger partial charge in [-0.1, -0.05) is 127 Å². The van der Waals surface area contributed by atoms with Crippen LogP contribution < -0.4 is 10.6 Å². The van der Waals surface area contributed by atoms with Crippen molar-refractivity contribution in [1.29, 1.82) is 5.26 Å². The van der Waals surface area contributed by atoms with Crippen LogP contribution in [0.1, 0.15) is 23.4 Å². The Morgan fingerprint density at radius 2 is 1.27 bits per heavy atom. The summed E-state index contributed by atoms with van der Waals surface area (Å²) in [6, 6.07) is 43.3. The summed E-state index contributed by atoms with van der Waals surface area (Å²) in [5, 5.41) is 12.8. The molecule has 0 fully saturated rings. The second-order valence-corrected chi connectivity index (χ2v) is 12.5. The van der Waals surface area contributed by atoms with Crippen LogP contribution in [0.15, 0.2) is 142 Å². The number of nitriles is 1. The summed E-state index contributed by atoms with van der Waals surface area (Å²) < 4.78 is 13.2. The lowest BCUT2D eigenvalue weighted by molar-refractivity contribution is 0.937. The molecule has 4 aromatic carbocycles. The van der Waals surface area contributed by atoms with Gasteiger partial charge in [0, 0.05) is 21.7 Å². The molecule has 1 aliphatic heterocycles. The Balaban J connectivity index is 1.65. The minimum Gasteiger partial charge on any atom is -0.275 e. The summed E-state index contributed by atoms with van der Waals surface area (Å²) in [5.74, 6) is 1.36. The van der Waals surface area contributed by atoms with Gasteiger partial charge in [0.15, 0.2) is 5.82 Å². The van der Waals surface area contributed by atoms with E-state index in [1.54, 1.807) is 0 Å². The van der Waals surface area contributed by atoms with Crippen molar-refractivity contribution in [2.45, 2.75) is 12.8 Å². The van der Waals surface area contributed by atoms with Gasteiger partial charge in [-0.15, -0.1) is 0 Å². The minimum absolute atomic E-state index is 0.440. The largest absolute Gasteiger partial charge is 0.275 e. The molecule has 1 aliphatic carbocycles. The van der Waals surface area contributed by atoms with Gasteiger partial charge in [-0.25, -0.2) is 14.5 Å². The fraction of sp³-hybridized carbons (Fsp3) is 0.0571. The molecular formula is C35H26N5P. The molecule has 5 aromatic rings. The fourth-order valence-corrected chi connectivity index (χ4v) is 8.41. The highest BCUT2D eigenvalue weighted by molar-refractivity contribution is 7.80. The normalized spacial score (nSPS) is 15.4. The van der Waals surface area contributed by atoms with E-state index in [9.17, 15) is 5.26 Å². The molecule has 0 atom stereocenters. The summed E-state index contributed by atoms with van der Waals surface area (Å²) in [7, 11) is -2.78. The summed E-state index contributed by atoms with van der Waals surface area (Å²) >= 11 is 0. The van der Waals surface area contributed by atoms with Crippen LogP contribution in [0.5, 0.6) is 0 Å². The average molecular weight is 548 g/mol. The Hall–Kier alpha value is -5.04. The second kappa shape index (κ2) is 10.5. The van der Waals surface area contributed by atoms with E-state index < -0.39 is 7.21 Å². The zero-order valence-electron chi connectivity index (χ0n) is 22.3. The number of fused-ring (bicyclic) bond motifs is 1. The first-order chi connectivity index (χ1) is 20.3. The van der Waals surface area contributed by atoms with Crippen LogP contribution in [-0.2, 0) is 6.42 Å². The Morgan fingerprint density at radius 1 is 0.707 bits per heavy atom. The summed E-state index contributed by atoms with van der Waals surface area (Å²) in [5.41, 5.74) is 4.94. The van der Waals surface area contributed by atoms with Crippen molar-refractivity contribution in [3.8, 4) is 17.5 Å². The smallest absolute Gasteiger partial charge is 0.160 e. The van der Waals surface area contributed by atoms with Crippen molar-refractivity contribution in [2.75, 3.05) is 0 Å². The predicted molar refractivity (Wildman–Crippen MR) is 168 cm³/mol. The average Bonchev–Trinajstić information content (AvgIpc) is 3.45. The molecule has 2 aliphatic rings. The number of benzene rings is 4. The zero-order chi connectivity index (χ0) is 27.6. The third-order valence-electron chi connectivity index (χ3n) is 7.39. The maximum atomic E-state index is 10.8. The van der Waals surface area contributed by atoms with E-state index in [0.29, 0.717) is 17.1 Å². The SMILES string of the molecule is N#CC1=C(n2c(-c3ccccc3)nc3c2C=CCC3)N=P(c2ccccc2)(c2ccccc2)N=C1c1ccccc1. The van der Waals surface area contributed by atoms with E-state index in [1.165, 1.54) is 0 Å². The molecule has 0 spiro atoms. The van der Waals surface area contributed by atoms with Crippen molar-refractivity contribution >= 4 is 35.4 Å². The van der Waals surface area contributed by atoms with Gasteiger partial charge in [0.25, 0.3) is 0 Å². The lowest BCUT2D eigenvalue weighted by atomic mass is 10.0. The molecule has 6 heteroatoms. The van der Waals surface area contributed by atoms with Crippen molar-refractivity contribution in [3.05, 3.63) is 150 Å². The first-order valence-electron chi connectivity index (χ1n) is 13.7. The van der Waals surface area contributed by atoms with E-state index in [2.05, 4.69) is 59.2 Å². The van der Waals surface area contributed by atoms with Gasteiger partial charge in [0.05, 0.1) is 17.1 Å². The first kappa shape index (κ1) is 25.0. The highest BCUT2D eigenvalue weighted by atomic mass is 31.2. The molecule has 0 bridgehead atoms. The van der Waals surface area contributed by atoms with Gasteiger partial charge in [-0.05, 0) is 18.9 Å². The minimum atomic E-state index is -2.78. The molecule has 196 valence electrons. The predicted octanol–water partition coefficient (Wildman–Crippen LogP) is 7.47. The summed E-state index contributed by atoms with van der Waals surface area (Å²) in [6.45, 7) is 0. The van der Waals surface area contributed by atoms with Crippen LogP contribution in [0.3, 0.4) is 0 Å². The monoisotopic (exact) mass is 547 g/mol. The van der Waals surface area contributed by atoms with E-state index in [4.69, 9.17) is 14.5 Å². The molecule has 0 radical (unpaired) electrons. The van der Waals surface area contributed by atoms with Crippen LogP contribution in [-0.4, -0.2) is 15.3 Å². The van der Waals surface area contributed by atoms with Gasteiger partial charge in [0.1, 0.15) is 24.7 Å². The number of aromatic nitrogens is 2. The molecule has 41 heavy (non-hydrogen) atoms. The lowest BCUT2D eigenvalue weighted by Crippen LogP contribution is -2.22. The maximum Gasteiger partial charge on any atom is 0.160 e. The number of allylic oxidation sites excluding steroid dienone is 2. The number of nitrogens with zero attached hydrogens (tertiary/aromatic N) is 5. The molecule has 5 nitrogen and oxygen atoms in total.